The van der Waals surface area contributed by atoms with Crippen LogP contribution in [0.25, 0.3) is 0 Å². The Morgan fingerprint density at radius 2 is 2.21 bits per heavy atom. The van der Waals surface area contributed by atoms with Crippen molar-refractivity contribution in [2.75, 3.05) is 24.0 Å². The van der Waals surface area contributed by atoms with Crippen molar-refractivity contribution in [3.63, 3.8) is 0 Å². The fourth-order valence-corrected chi connectivity index (χ4v) is 3.11. The lowest BCUT2D eigenvalue weighted by atomic mass is 10.0. The summed E-state index contributed by atoms with van der Waals surface area (Å²) in [7, 11) is 2.07. The van der Waals surface area contributed by atoms with Crippen molar-refractivity contribution in [2.24, 2.45) is 10.9 Å². The molecule has 0 aromatic heterocycles. The van der Waals surface area contributed by atoms with Gasteiger partial charge in [-0.1, -0.05) is 24.2 Å². The van der Waals surface area contributed by atoms with E-state index >= 15 is 0 Å². The van der Waals surface area contributed by atoms with E-state index in [1.54, 1.807) is 0 Å². The molecule has 0 aliphatic carbocycles. The molecule has 4 nitrogen and oxygen atoms in total. The van der Waals surface area contributed by atoms with E-state index in [0.29, 0.717) is 6.04 Å². The maximum Gasteiger partial charge on any atom is 0.172 e. The number of thioether (sulfide) groups is 1. The minimum atomic E-state index is 0.157. The third-order valence-electron chi connectivity index (χ3n) is 3.35. The molecule has 1 unspecified atom stereocenters. The van der Waals surface area contributed by atoms with Gasteiger partial charge in [-0.2, -0.15) is 11.8 Å². The number of amidine groups is 1. The molecule has 106 valence electrons. The number of hydrogen-bond acceptors (Lipinski definition) is 4. The average molecular weight is 281 g/mol. The van der Waals surface area contributed by atoms with Gasteiger partial charge >= 0.3 is 0 Å². The van der Waals surface area contributed by atoms with Crippen LogP contribution < -0.4 is 10.6 Å². The third kappa shape index (κ3) is 3.56. The fraction of sp³-hybridized carbons (Fsp3) is 0.500. The number of nitrogens with two attached hydrogens (primary N) is 1. The van der Waals surface area contributed by atoms with Gasteiger partial charge in [-0.15, -0.1) is 0 Å². The van der Waals surface area contributed by atoms with E-state index in [9.17, 15) is 0 Å². The Morgan fingerprint density at radius 3 is 2.74 bits per heavy atom. The lowest BCUT2D eigenvalue weighted by Crippen LogP contribution is -2.35. The maximum atomic E-state index is 8.92. The zero-order valence-corrected chi connectivity index (χ0v) is 12.9. The van der Waals surface area contributed by atoms with Crippen LogP contribution in [0, 0.1) is 6.92 Å². The number of para-hydroxylation sites is 1. The normalized spacial score (nSPS) is 13.4. The zero-order valence-electron chi connectivity index (χ0n) is 12.1. The average Bonchev–Trinajstić information content (AvgIpc) is 2.42. The van der Waals surface area contributed by atoms with Gasteiger partial charge in [0.15, 0.2) is 5.84 Å². The largest absolute Gasteiger partial charge is 0.409 e. The Bertz CT molecular complexity index is 448. The van der Waals surface area contributed by atoms with E-state index in [-0.39, 0.29) is 5.84 Å². The van der Waals surface area contributed by atoms with Gasteiger partial charge in [0.05, 0.1) is 5.69 Å². The fourth-order valence-electron chi connectivity index (χ4n) is 2.27. The summed E-state index contributed by atoms with van der Waals surface area (Å²) in [5, 5.41) is 12.1. The summed E-state index contributed by atoms with van der Waals surface area (Å²) in [6.07, 6.45) is 3.17. The lowest BCUT2D eigenvalue weighted by molar-refractivity contribution is 0.318. The van der Waals surface area contributed by atoms with E-state index in [2.05, 4.69) is 30.3 Å². The minimum absolute atomic E-state index is 0.157. The third-order valence-corrected chi connectivity index (χ3v) is 4.07. The Hall–Kier alpha value is -1.36. The summed E-state index contributed by atoms with van der Waals surface area (Å²) in [5.41, 5.74) is 8.74. The van der Waals surface area contributed by atoms with Gasteiger partial charge in [0.25, 0.3) is 0 Å². The predicted octanol–water partition coefficient (Wildman–Crippen LogP) is 2.67. The summed E-state index contributed by atoms with van der Waals surface area (Å²) in [6, 6.07) is 6.29. The van der Waals surface area contributed by atoms with Crippen LogP contribution in [0.4, 0.5) is 5.69 Å². The van der Waals surface area contributed by atoms with Gasteiger partial charge in [0.2, 0.25) is 0 Å². The lowest BCUT2D eigenvalue weighted by Gasteiger charge is -2.31. The molecule has 0 bridgehead atoms. The standard InChI is InChI=1S/C14H23N3OS/c1-5-11(9-19-4)17(3)13-10(2)7-6-8-12(13)14(15)16-18/h6-8,11,18H,5,9H2,1-4H3,(H2,15,16). The van der Waals surface area contributed by atoms with Gasteiger partial charge in [-0.25, -0.2) is 0 Å². The van der Waals surface area contributed by atoms with Gasteiger partial charge < -0.3 is 15.8 Å². The highest BCUT2D eigenvalue weighted by atomic mass is 32.2. The van der Waals surface area contributed by atoms with Crippen molar-refractivity contribution in [1.82, 2.24) is 0 Å². The molecular formula is C14H23N3OS. The summed E-state index contributed by atoms with van der Waals surface area (Å²) in [6.45, 7) is 4.23. The first-order valence-corrected chi connectivity index (χ1v) is 7.75. The van der Waals surface area contributed by atoms with Crippen LogP contribution in [0.2, 0.25) is 0 Å². The first-order chi connectivity index (χ1) is 9.06. The molecule has 0 saturated carbocycles. The second-order valence-corrected chi connectivity index (χ2v) is 5.50. The summed E-state index contributed by atoms with van der Waals surface area (Å²) in [5.74, 6) is 1.21. The molecule has 0 heterocycles. The molecule has 0 saturated heterocycles. The molecule has 1 aromatic carbocycles. The number of aryl methyl sites for hydroxylation is 1. The Kier molecular flexibility index (Phi) is 6.02. The molecule has 3 N–H and O–H groups in total. The van der Waals surface area contributed by atoms with Crippen molar-refractivity contribution in [3.8, 4) is 0 Å². The molecule has 19 heavy (non-hydrogen) atoms. The van der Waals surface area contributed by atoms with E-state index in [1.165, 1.54) is 0 Å². The van der Waals surface area contributed by atoms with Crippen LogP contribution in [-0.2, 0) is 0 Å². The van der Waals surface area contributed by atoms with Crippen LogP contribution in [0.15, 0.2) is 23.4 Å². The Balaban J connectivity index is 3.24. The Labute approximate surface area is 119 Å². The van der Waals surface area contributed by atoms with Crippen molar-refractivity contribution < 1.29 is 5.21 Å². The quantitative estimate of drug-likeness (QED) is 0.364. The number of anilines is 1. The summed E-state index contributed by atoms with van der Waals surface area (Å²) < 4.78 is 0. The molecule has 0 radical (unpaired) electrons. The highest BCUT2D eigenvalue weighted by molar-refractivity contribution is 7.98. The SMILES string of the molecule is CCC(CSC)N(C)c1c(C)cccc1/C(N)=N/O. The molecule has 0 fully saturated rings. The van der Waals surface area contributed by atoms with Gasteiger partial charge in [0.1, 0.15) is 0 Å². The summed E-state index contributed by atoms with van der Waals surface area (Å²) >= 11 is 1.83. The number of oxime groups is 1. The van der Waals surface area contributed by atoms with Crippen LogP contribution in [0.1, 0.15) is 24.5 Å². The molecule has 0 amide bonds. The van der Waals surface area contributed by atoms with Crippen molar-refractivity contribution in [3.05, 3.63) is 29.3 Å². The summed E-state index contributed by atoms with van der Waals surface area (Å²) in [4.78, 5) is 2.24. The van der Waals surface area contributed by atoms with E-state index in [0.717, 1.165) is 29.0 Å². The topological polar surface area (TPSA) is 61.8 Å². The molecule has 0 spiro atoms. The predicted molar refractivity (Wildman–Crippen MR) is 84.6 cm³/mol. The first-order valence-electron chi connectivity index (χ1n) is 6.36. The van der Waals surface area contributed by atoms with Gasteiger partial charge in [-0.05, 0) is 31.2 Å². The zero-order chi connectivity index (χ0) is 14.4. The molecule has 1 aromatic rings. The number of rotatable bonds is 6. The smallest absolute Gasteiger partial charge is 0.172 e. The molecule has 1 rings (SSSR count). The molecule has 0 aliphatic rings. The first kappa shape index (κ1) is 15.7. The molecule has 0 aliphatic heterocycles. The number of hydrogen-bond donors (Lipinski definition) is 2. The molecule has 5 heteroatoms. The van der Waals surface area contributed by atoms with Crippen molar-refractivity contribution >= 4 is 23.3 Å². The van der Waals surface area contributed by atoms with Gasteiger partial charge in [0, 0.05) is 24.4 Å². The van der Waals surface area contributed by atoms with E-state index in [4.69, 9.17) is 10.9 Å². The van der Waals surface area contributed by atoms with Crippen LogP contribution in [0.3, 0.4) is 0 Å². The number of benzene rings is 1. The van der Waals surface area contributed by atoms with E-state index < -0.39 is 0 Å². The number of nitrogens with zero attached hydrogens (tertiary/aromatic N) is 2. The van der Waals surface area contributed by atoms with Crippen LogP contribution in [0.5, 0.6) is 0 Å². The molecule has 1 atom stereocenters. The van der Waals surface area contributed by atoms with E-state index in [1.807, 2.05) is 36.9 Å². The van der Waals surface area contributed by atoms with Gasteiger partial charge in [-0.3, -0.25) is 0 Å². The minimum Gasteiger partial charge on any atom is -0.409 e. The molecular weight excluding hydrogens is 258 g/mol. The Morgan fingerprint density at radius 1 is 1.53 bits per heavy atom. The van der Waals surface area contributed by atoms with Crippen molar-refractivity contribution in [2.45, 2.75) is 26.3 Å². The van der Waals surface area contributed by atoms with Crippen LogP contribution >= 0.6 is 11.8 Å². The highest BCUT2D eigenvalue weighted by Gasteiger charge is 2.19. The van der Waals surface area contributed by atoms with Crippen molar-refractivity contribution in [1.29, 1.82) is 0 Å². The van der Waals surface area contributed by atoms with Crippen LogP contribution in [-0.4, -0.2) is 36.1 Å². The second kappa shape index (κ2) is 7.28. The maximum absolute atomic E-state index is 8.92. The monoisotopic (exact) mass is 281 g/mol. The highest BCUT2D eigenvalue weighted by Crippen LogP contribution is 2.27. The second-order valence-electron chi connectivity index (χ2n) is 4.58.